The first kappa shape index (κ1) is 16.8. The second kappa shape index (κ2) is 6.56. The number of methoxy groups -OCH3 is 1. The third-order valence-corrected chi connectivity index (χ3v) is 4.59. The highest BCUT2D eigenvalue weighted by Gasteiger charge is 2.35. The number of nitrogens with zero attached hydrogens (tertiary/aromatic N) is 3. The lowest BCUT2D eigenvalue weighted by Crippen LogP contribution is -2.24. The molecule has 26 heavy (non-hydrogen) atoms. The molecular weight excluding hydrogens is 409 g/mol. The van der Waals surface area contributed by atoms with Gasteiger partial charge >= 0.3 is 0 Å². The summed E-state index contributed by atoms with van der Waals surface area (Å²) in [5.41, 5.74) is 0.467. The summed E-state index contributed by atoms with van der Waals surface area (Å²) in [5, 5.41) is 3.96. The number of amides is 1. The van der Waals surface area contributed by atoms with E-state index in [-0.39, 0.29) is 29.9 Å². The predicted octanol–water partition coefficient (Wildman–Crippen LogP) is 3.76. The molecule has 1 aromatic carbocycles. The highest BCUT2D eigenvalue weighted by molar-refractivity contribution is 9.10. The molecule has 0 aliphatic carbocycles. The Hall–Kier alpha value is -2.68. The van der Waals surface area contributed by atoms with Crippen molar-refractivity contribution < 1.29 is 22.9 Å². The zero-order valence-electron chi connectivity index (χ0n) is 13.6. The number of furan rings is 1. The topological polar surface area (TPSA) is 81.6 Å². The van der Waals surface area contributed by atoms with Crippen LogP contribution in [0.15, 0.2) is 43.9 Å². The minimum atomic E-state index is -0.522. The van der Waals surface area contributed by atoms with Crippen LogP contribution in [0.3, 0.4) is 0 Å². The molecule has 3 heterocycles. The van der Waals surface area contributed by atoms with E-state index >= 15 is 0 Å². The Labute approximate surface area is 155 Å². The molecule has 0 radical (unpaired) electrons. The molecule has 0 saturated carbocycles. The fourth-order valence-corrected chi connectivity index (χ4v) is 3.19. The maximum absolute atomic E-state index is 13.9. The van der Waals surface area contributed by atoms with Crippen molar-refractivity contribution in [1.82, 2.24) is 10.1 Å². The lowest BCUT2D eigenvalue weighted by molar-refractivity contribution is -0.117. The van der Waals surface area contributed by atoms with E-state index in [2.05, 4.69) is 26.1 Å². The third-order valence-electron chi connectivity index (χ3n) is 4.16. The minimum Gasteiger partial charge on any atom is -0.494 e. The zero-order chi connectivity index (χ0) is 18.3. The summed E-state index contributed by atoms with van der Waals surface area (Å²) in [6.45, 7) is 0.339. The molecule has 1 aliphatic rings. The third kappa shape index (κ3) is 2.98. The van der Waals surface area contributed by atoms with Crippen molar-refractivity contribution in [3.63, 3.8) is 0 Å². The fourth-order valence-electron chi connectivity index (χ4n) is 2.88. The van der Waals surface area contributed by atoms with Gasteiger partial charge in [-0.1, -0.05) is 5.16 Å². The molecule has 1 fully saturated rings. The van der Waals surface area contributed by atoms with Gasteiger partial charge in [0.05, 0.1) is 7.11 Å². The van der Waals surface area contributed by atoms with Gasteiger partial charge in [0.1, 0.15) is 0 Å². The molecule has 1 atom stereocenters. The average Bonchev–Trinajstić information content (AvgIpc) is 3.34. The molecule has 0 bridgehead atoms. The molecule has 2 aromatic heterocycles. The number of halogens is 2. The average molecular weight is 422 g/mol. The van der Waals surface area contributed by atoms with Gasteiger partial charge < -0.3 is 18.6 Å². The van der Waals surface area contributed by atoms with E-state index in [4.69, 9.17) is 13.7 Å². The van der Waals surface area contributed by atoms with Gasteiger partial charge in [-0.05, 0) is 40.2 Å². The van der Waals surface area contributed by atoms with E-state index in [9.17, 15) is 9.18 Å². The van der Waals surface area contributed by atoms with E-state index in [0.717, 1.165) is 0 Å². The number of anilines is 1. The summed E-state index contributed by atoms with van der Waals surface area (Å²) in [7, 11) is 1.39. The molecule has 1 unspecified atom stereocenters. The van der Waals surface area contributed by atoms with Crippen molar-refractivity contribution in [3.05, 3.63) is 46.6 Å². The Morgan fingerprint density at radius 3 is 2.88 bits per heavy atom. The quantitative estimate of drug-likeness (QED) is 0.637. The summed E-state index contributed by atoms with van der Waals surface area (Å²) in [4.78, 5) is 18.2. The van der Waals surface area contributed by atoms with Crippen LogP contribution < -0.4 is 9.64 Å². The normalized spacial score (nSPS) is 17.1. The summed E-state index contributed by atoms with van der Waals surface area (Å²) < 4.78 is 30.0. The molecule has 9 heteroatoms. The highest BCUT2D eigenvalue weighted by Crippen LogP contribution is 2.33. The molecule has 1 aliphatic heterocycles. The summed E-state index contributed by atoms with van der Waals surface area (Å²) >= 11 is 3.21. The number of benzene rings is 1. The Morgan fingerprint density at radius 1 is 1.35 bits per heavy atom. The van der Waals surface area contributed by atoms with Gasteiger partial charge in [0.15, 0.2) is 27.8 Å². The van der Waals surface area contributed by atoms with Crippen LogP contribution in [0.25, 0.3) is 11.7 Å². The van der Waals surface area contributed by atoms with Crippen LogP contribution in [0.4, 0.5) is 10.1 Å². The van der Waals surface area contributed by atoms with E-state index in [0.29, 0.717) is 28.5 Å². The fraction of sp³-hybridized carbons (Fsp3) is 0.235. The van der Waals surface area contributed by atoms with Gasteiger partial charge in [0, 0.05) is 30.6 Å². The SMILES string of the molecule is COc1ccc(N2CC(c3noc(-c4ccc(Br)o4)n3)CC2=O)cc1F. The molecule has 1 saturated heterocycles. The lowest BCUT2D eigenvalue weighted by Gasteiger charge is -2.16. The molecule has 0 spiro atoms. The summed E-state index contributed by atoms with van der Waals surface area (Å²) in [5.74, 6) is 0.324. The second-order valence-corrected chi connectivity index (χ2v) is 6.57. The largest absolute Gasteiger partial charge is 0.494 e. The van der Waals surface area contributed by atoms with Crippen LogP contribution in [-0.2, 0) is 4.79 Å². The van der Waals surface area contributed by atoms with Gasteiger partial charge in [0.2, 0.25) is 5.91 Å². The Kier molecular flexibility index (Phi) is 4.23. The molecule has 134 valence electrons. The Morgan fingerprint density at radius 2 is 2.19 bits per heavy atom. The first-order valence-corrected chi connectivity index (χ1v) is 8.57. The van der Waals surface area contributed by atoms with Crippen molar-refractivity contribution in [2.24, 2.45) is 0 Å². The number of carbonyl (C=O) groups is 1. The Balaban J connectivity index is 1.55. The van der Waals surface area contributed by atoms with E-state index in [1.54, 1.807) is 18.2 Å². The smallest absolute Gasteiger partial charge is 0.293 e. The van der Waals surface area contributed by atoms with Gasteiger partial charge in [-0.25, -0.2) is 4.39 Å². The molecule has 4 rings (SSSR count). The van der Waals surface area contributed by atoms with Crippen LogP contribution in [0.5, 0.6) is 5.75 Å². The van der Waals surface area contributed by atoms with Crippen LogP contribution in [0.1, 0.15) is 18.2 Å². The lowest BCUT2D eigenvalue weighted by atomic mass is 10.1. The van der Waals surface area contributed by atoms with E-state index in [1.165, 1.54) is 24.1 Å². The number of aromatic nitrogens is 2. The number of hydrogen-bond donors (Lipinski definition) is 0. The minimum absolute atomic E-state index is 0.129. The van der Waals surface area contributed by atoms with Crippen molar-refractivity contribution in [2.75, 3.05) is 18.6 Å². The molecule has 7 nitrogen and oxygen atoms in total. The predicted molar refractivity (Wildman–Crippen MR) is 92.4 cm³/mol. The van der Waals surface area contributed by atoms with Gasteiger partial charge in [-0.15, -0.1) is 0 Å². The van der Waals surface area contributed by atoms with E-state index < -0.39 is 5.82 Å². The molecule has 3 aromatic rings. The van der Waals surface area contributed by atoms with Crippen molar-refractivity contribution in [1.29, 1.82) is 0 Å². The number of hydrogen-bond acceptors (Lipinski definition) is 6. The van der Waals surface area contributed by atoms with Crippen LogP contribution >= 0.6 is 15.9 Å². The molecular formula is C17H13BrFN3O4. The van der Waals surface area contributed by atoms with E-state index in [1.807, 2.05) is 0 Å². The Bertz CT molecular complexity index is 971. The number of rotatable bonds is 4. The van der Waals surface area contributed by atoms with Crippen LogP contribution in [0, 0.1) is 5.82 Å². The maximum Gasteiger partial charge on any atom is 0.293 e. The van der Waals surface area contributed by atoms with Crippen molar-refractivity contribution >= 4 is 27.5 Å². The standard InChI is InChI=1S/C17H13BrFN3O4/c1-24-12-3-2-10(7-11(12)19)22-8-9(6-15(22)23)16-20-17(26-21-16)13-4-5-14(18)25-13/h2-5,7,9H,6,8H2,1H3. The summed E-state index contributed by atoms with van der Waals surface area (Å²) in [6, 6.07) is 7.84. The van der Waals surface area contributed by atoms with Gasteiger partial charge in [-0.2, -0.15) is 4.98 Å². The highest BCUT2D eigenvalue weighted by atomic mass is 79.9. The zero-order valence-corrected chi connectivity index (χ0v) is 15.2. The molecule has 1 amide bonds. The number of carbonyl (C=O) groups excluding carboxylic acids is 1. The van der Waals surface area contributed by atoms with Gasteiger partial charge in [0.25, 0.3) is 5.89 Å². The van der Waals surface area contributed by atoms with Crippen LogP contribution in [0.2, 0.25) is 0 Å². The molecule has 0 N–H and O–H groups in total. The second-order valence-electron chi connectivity index (χ2n) is 5.79. The van der Waals surface area contributed by atoms with Crippen molar-refractivity contribution in [2.45, 2.75) is 12.3 Å². The first-order chi connectivity index (χ1) is 12.5. The van der Waals surface area contributed by atoms with Crippen molar-refractivity contribution in [3.8, 4) is 17.4 Å². The van der Waals surface area contributed by atoms with Gasteiger partial charge in [-0.3, -0.25) is 4.79 Å². The summed E-state index contributed by atoms with van der Waals surface area (Å²) in [6.07, 6.45) is 0.217. The number of ether oxygens (including phenoxy) is 1. The van der Waals surface area contributed by atoms with Crippen LogP contribution in [-0.4, -0.2) is 29.7 Å². The maximum atomic E-state index is 13.9. The first-order valence-electron chi connectivity index (χ1n) is 7.78. The monoisotopic (exact) mass is 421 g/mol.